The van der Waals surface area contributed by atoms with Crippen molar-refractivity contribution < 1.29 is 8.42 Å². The molecule has 2 rings (SSSR count). The van der Waals surface area contributed by atoms with Gasteiger partial charge < -0.3 is 0 Å². The Kier molecular flexibility index (Phi) is 4.73. The van der Waals surface area contributed by atoms with E-state index in [1.807, 2.05) is 32.0 Å². The predicted molar refractivity (Wildman–Crippen MR) is 85.2 cm³/mol. The molecule has 1 N–H and O–H groups in total. The highest BCUT2D eigenvalue weighted by Crippen LogP contribution is 2.30. The van der Waals surface area contributed by atoms with Gasteiger partial charge in [-0.3, -0.25) is 4.72 Å². The number of benzene rings is 1. The number of alkyl halides is 1. The topological polar surface area (TPSA) is 46.2 Å². The predicted octanol–water partition coefficient (Wildman–Crippen LogP) is 4.41. The van der Waals surface area contributed by atoms with Crippen molar-refractivity contribution >= 4 is 38.6 Å². The van der Waals surface area contributed by atoms with E-state index in [0.717, 1.165) is 16.9 Å². The van der Waals surface area contributed by atoms with Gasteiger partial charge in [0.15, 0.2) is 0 Å². The number of halogens is 1. The number of rotatable bonds is 5. The van der Waals surface area contributed by atoms with E-state index in [1.54, 1.807) is 18.2 Å². The molecule has 3 nitrogen and oxygen atoms in total. The summed E-state index contributed by atoms with van der Waals surface area (Å²) >= 11 is 7.37. The number of nitrogens with one attached hydrogen (secondary N) is 1. The van der Waals surface area contributed by atoms with Gasteiger partial charge in [0, 0.05) is 4.88 Å². The van der Waals surface area contributed by atoms with Crippen molar-refractivity contribution in [2.45, 2.75) is 29.9 Å². The first-order valence-electron chi connectivity index (χ1n) is 6.28. The molecule has 0 aliphatic carbocycles. The molecule has 0 fully saturated rings. The van der Waals surface area contributed by atoms with Crippen molar-refractivity contribution in [1.29, 1.82) is 0 Å². The summed E-state index contributed by atoms with van der Waals surface area (Å²) in [6.45, 7) is 3.81. The fourth-order valence-electron chi connectivity index (χ4n) is 1.82. The third kappa shape index (κ3) is 3.34. The third-order valence-electron chi connectivity index (χ3n) is 2.88. The van der Waals surface area contributed by atoms with Crippen LogP contribution in [0.1, 0.15) is 29.7 Å². The number of hydrogen-bond acceptors (Lipinski definition) is 3. The summed E-state index contributed by atoms with van der Waals surface area (Å²) in [5.74, 6) is 0. The van der Waals surface area contributed by atoms with E-state index < -0.39 is 10.0 Å². The Bertz CT molecular complexity index is 693. The van der Waals surface area contributed by atoms with Gasteiger partial charge in [0.05, 0.1) is 11.1 Å². The van der Waals surface area contributed by atoms with Crippen LogP contribution in [0.3, 0.4) is 0 Å². The molecule has 108 valence electrons. The molecule has 1 aromatic heterocycles. The Balaban J connectivity index is 2.33. The van der Waals surface area contributed by atoms with Crippen LogP contribution >= 0.6 is 22.9 Å². The second-order valence-corrected chi connectivity index (χ2v) is 8.12. The lowest BCUT2D eigenvalue weighted by Crippen LogP contribution is -2.13. The molecule has 1 atom stereocenters. The lowest BCUT2D eigenvalue weighted by Gasteiger charge is -2.13. The van der Waals surface area contributed by atoms with Crippen LogP contribution in [-0.4, -0.2) is 8.42 Å². The number of hydrogen-bond donors (Lipinski definition) is 1. The maximum Gasteiger partial charge on any atom is 0.271 e. The van der Waals surface area contributed by atoms with E-state index in [-0.39, 0.29) is 5.38 Å². The standard InChI is InChI=1S/C14H16ClNO2S2/c1-3-11-8-9-14(19-11)20(17,18)16-13-7-5-4-6-12(13)10(2)15/h4-10,16H,3H2,1-2H3. The van der Waals surface area contributed by atoms with E-state index in [4.69, 9.17) is 11.6 Å². The van der Waals surface area contributed by atoms with Crippen LogP contribution in [-0.2, 0) is 16.4 Å². The molecule has 0 aliphatic heterocycles. The summed E-state index contributed by atoms with van der Waals surface area (Å²) < 4.78 is 27.7. The molecule has 20 heavy (non-hydrogen) atoms. The zero-order valence-corrected chi connectivity index (χ0v) is 13.6. The molecule has 0 saturated heterocycles. The maximum atomic E-state index is 12.4. The summed E-state index contributed by atoms with van der Waals surface area (Å²) in [5.41, 5.74) is 1.30. The molecule has 0 spiro atoms. The Labute approximate surface area is 128 Å². The molecule has 1 aromatic carbocycles. The Hall–Kier alpha value is -1.04. The average molecular weight is 330 g/mol. The normalized spacial score (nSPS) is 13.2. The molecule has 0 radical (unpaired) electrons. The first kappa shape index (κ1) is 15.4. The van der Waals surface area contributed by atoms with Crippen molar-refractivity contribution in [3.05, 3.63) is 46.8 Å². The number of para-hydroxylation sites is 1. The van der Waals surface area contributed by atoms with E-state index in [1.165, 1.54) is 11.3 Å². The quantitative estimate of drug-likeness (QED) is 0.826. The highest BCUT2D eigenvalue weighted by Gasteiger charge is 2.19. The van der Waals surface area contributed by atoms with Gasteiger partial charge in [0.25, 0.3) is 10.0 Å². The third-order valence-corrected chi connectivity index (χ3v) is 6.21. The Morgan fingerprint density at radius 3 is 2.55 bits per heavy atom. The molecular formula is C14H16ClNO2S2. The van der Waals surface area contributed by atoms with Crippen LogP contribution in [0.5, 0.6) is 0 Å². The minimum Gasteiger partial charge on any atom is -0.279 e. The molecule has 0 amide bonds. The van der Waals surface area contributed by atoms with Gasteiger partial charge in [-0.1, -0.05) is 25.1 Å². The van der Waals surface area contributed by atoms with E-state index in [2.05, 4.69) is 4.72 Å². The van der Waals surface area contributed by atoms with Crippen molar-refractivity contribution in [3.63, 3.8) is 0 Å². The van der Waals surface area contributed by atoms with Crippen molar-refractivity contribution in [3.8, 4) is 0 Å². The second-order valence-electron chi connectivity index (χ2n) is 4.38. The number of thiophene rings is 1. The second kappa shape index (κ2) is 6.16. The largest absolute Gasteiger partial charge is 0.279 e. The zero-order valence-electron chi connectivity index (χ0n) is 11.3. The van der Waals surface area contributed by atoms with Crippen LogP contribution in [0.4, 0.5) is 5.69 Å². The lowest BCUT2D eigenvalue weighted by atomic mass is 10.1. The zero-order chi connectivity index (χ0) is 14.8. The first-order chi connectivity index (χ1) is 9.44. The monoisotopic (exact) mass is 329 g/mol. The first-order valence-corrected chi connectivity index (χ1v) is 9.02. The Morgan fingerprint density at radius 1 is 1.25 bits per heavy atom. The van der Waals surface area contributed by atoms with Gasteiger partial charge in [-0.15, -0.1) is 22.9 Å². The molecule has 0 saturated carbocycles. The molecule has 1 unspecified atom stereocenters. The van der Waals surface area contributed by atoms with Crippen LogP contribution in [0, 0.1) is 0 Å². The number of sulfonamides is 1. The van der Waals surface area contributed by atoms with Crippen LogP contribution < -0.4 is 4.72 Å². The minimum atomic E-state index is -3.55. The molecule has 1 heterocycles. The molecule has 0 bridgehead atoms. The lowest BCUT2D eigenvalue weighted by molar-refractivity contribution is 0.603. The van der Waals surface area contributed by atoms with Crippen molar-refractivity contribution in [1.82, 2.24) is 0 Å². The van der Waals surface area contributed by atoms with Gasteiger partial charge in [-0.05, 0) is 37.1 Å². The highest BCUT2D eigenvalue weighted by atomic mass is 35.5. The van der Waals surface area contributed by atoms with Gasteiger partial charge in [-0.25, -0.2) is 8.42 Å². The molecule has 6 heteroatoms. The highest BCUT2D eigenvalue weighted by molar-refractivity contribution is 7.94. The SMILES string of the molecule is CCc1ccc(S(=O)(=O)Nc2ccccc2C(C)Cl)s1. The molecule has 0 aliphatic rings. The average Bonchev–Trinajstić information content (AvgIpc) is 2.88. The maximum absolute atomic E-state index is 12.4. The molecular weight excluding hydrogens is 314 g/mol. The van der Waals surface area contributed by atoms with Crippen LogP contribution in [0.15, 0.2) is 40.6 Å². The summed E-state index contributed by atoms with van der Waals surface area (Å²) in [5, 5.41) is -0.261. The molecule has 2 aromatic rings. The number of aryl methyl sites for hydroxylation is 1. The van der Waals surface area contributed by atoms with Crippen LogP contribution in [0.2, 0.25) is 0 Å². The van der Waals surface area contributed by atoms with Gasteiger partial charge >= 0.3 is 0 Å². The van der Waals surface area contributed by atoms with Crippen LogP contribution in [0.25, 0.3) is 0 Å². The van der Waals surface area contributed by atoms with E-state index in [9.17, 15) is 8.42 Å². The van der Waals surface area contributed by atoms with E-state index >= 15 is 0 Å². The minimum absolute atomic E-state index is 0.261. The van der Waals surface area contributed by atoms with Crippen molar-refractivity contribution in [2.75, 3.05) is 4.72 Å². The summed E-state index contributed by atoms with van der Waals surface area (Å²) in [6, 6.07) is 10.6. The van der Waals surface area contributed by atoms with Gasteiger partial charge in [-0.2, -0.15) is 0 Å². The fraction of sp³-hybridized carbons (Fsp3) is 0.286. The van der Waals surface area contributed by atoms with Gasteiger partial charge in [0.2, 0.25) is 0 Å². The number of anilines is 1. The fourth-order valence-corrected chi connectivity index (χ4v) is 4.40. The van der Waals surface area contributed by atoms with Gasteiger partial charge in [0.1, 0.15) is 4.21 Å². The summed E-state index contributed by atoms with van der Waals surface area (Å²) in [4.78, 5) is 1.05. The smallest absolute Gasteiger partial charge is 0.271 e. The summed E-state index contributed by atoms with van der Waals surface area (Å²) in [6.07, 6.45) is 0.829. The Morgan fingerprint density at radius 2 is 1.95 bits per heavy atom. The van der Waals surface area contributed by atoms with E-state index in [0.29, 0.717) is 9.90 Å². The van der Waals surface area contributed by atoms with Crippen molar-refractivity contribution in [2.24, 2.45) is 0 Å². The summed E-state index contributed by atoms with van der Waals surface area (Å²) in [7, 11) is -3.55.